The summed E-state index contributed by atoms with van der Waals surface area (Å²) in [5, 5.41) is 0.833. The molecule has 1 aliphatic heterocycles. The lowest BCUT2D eigenvalue weighted by Crippen LogP contribution is -2.11. The standard InChI is InChI=1S/C64H35F18O4P/c1-31-11-35(21-45(13-31)59(65,66)67)37-15-39(41-23-47(61(71,72)73)29-48(24-41)62(74,75)76)19-43(17-37)53-27-33-7-3-5-9-51(33)55-56-52-10-6-4-8-34(52)28-54(58(56)86-87(83,84)85-57(53)55)44-18-38(36-12-32(2)14-46(22-36)60(68,69)70)16-40(20-44)42-25-49(63(77,78)79)30-50(26-42)64(80,81)82/h3-30H,1-2H3,(H,83,84). The number of rotatable bonds is 6. The van der Waals surface area contributed by atoms with Crippen molar-refractivity contribution < 1.29 is 97.5 Å². The van der Waals surface area contributed by atoms with Crippen LogP contribution in [0, 0.1) is 13.8 Å². The van der Waals surface area contributed by atoms with Gasteiger partial charge in [-0.15, -0.1) is 0 Å². The summed E-state index contributed by atoms with van der Waals surface area (Å²) in [7, 11) is -5.74. The summed E-state index contributed by atoms with van der Waals surface area (Å²) < 4.78 is 287. The molecule has 0 spiro atoms. The highest BCUT2D eigenvalue weighted by molar-refractivity contribution is 7.48. The minimum atomic E-state index is -5.74. The Balaban J connectivity index is 1.25. The zero-order valence-corrected chi connectivity index (χ0v) is 45.0. The molecule has 446 valence electrons. The molecule has 0 aromatic heterocycles. The van der Waals surface area contributed by atoms with Crippen molar-refractivity contribution >= 4 is 29.4 Å². The van der Waals surface area contributed by atoms with Gasteiger partial charge in [0.2, 0.25) is 0 Å². The Kier molecular flexibility index (Phi) is 14.3. The molecule has 1 aliphatic rings. The van der Waals surface area contributed by atoms with Gasteiger partial charge in [-0.3, -0.25) is 4.89 Å². The summed E-state index contributed by atoms with van der Waals surface area (Å²) in [5.41, 5.74) is -13.8. The number of aryl methyl sites for hydroxylation is 2. The molecule has 0 radical (unpaired) electrons. The second-order valence-corrected chi connectivity index (χ2v) is 22.0. The predicted molar refractivity (Wildman–Crippen MR) is 290 cm³/mol. The van der Waals surface area contributed by atoms with Crippen LogP contribution in [0.2, 0.25) is 0 Å². The fourth-order valence-electron chi connectivity index (χ4n) is 10.7. The molecule has 0 saturated heterocycles. The molecule has 1 heterocycles. The molecular weight excluding hydrogens is 1210 g/mol. The van der Waals surface area contributed by atoms with E-state index in [-0.39, 0.29) is 100 Å². The maximum Gasteiger partial charge on any atom is 0.584 e. The molecule has 0 aliphatic carbocycles. The highest BCUT2D eigenvalue weighted by Crippen LogP contribution is 2.62. The Bertz CT molecular complexity index is 4170. The van der Waals surface area contributed by atoms with E-state index >= 15 is 0 Å². The molecule has 0 amide bonds. The van der Waals surface area contributed by atoms with Gasteiger partial charge in [0.15, 0.2) is 0 Å². The topological polar surface area (TPSA) is 55.8 Å². The van der Waals surface area contributed by atoms with Crippen LogP contribution in [0.3, 0.4) is 0 Å². The van der Waals surface area contributed by atoms with Gasteiger partial charge in [0.25, 0.3) is 0 Å². The molecule has 0 fully saturated rings. The van der Waals surface area contributed by atoms with E-state index in [1.165, 1.54) is 98.8 Å². The van der Waals surface area contributed by atoms with E-state index in [4.69, 9.17) is 9.05 Å². The SMILES string of the molecule is Cc1cc(-c2cc(-c3cc(C(F)(F)F)cc(C(F)(F)F)c3)cc(-c3cc4ccccc4c4c3OP(=O)(O)Oc3c(-c5cc(-c6cc(C)cc(C(F)(F)F)c6)cc(-c6cc(C(F)(F)F)cc(C(F)(F)F)c6)c5)cc5ccccc5c3-4)c2)cc(C(F)(F)F)c1. The largest absolute Gasteiger partial charge is 0.584 e. The van der Waals surface area contributed by atoms with Gasteiger partial charge >= 0.3 is 44.9 Å². The Hall–Kier alpha value is -8.75. The molecule has 0 saturated carbocycles. The Morgan fingerprint density at radius 2 is 0.552 bits per heavy atom. The first-order valence-electron chi connectivity index (χ1n) is 25.5. The van der Waals surface area contributed by atoms with Crippen LogP contribution in [-0.4, -0.2) is 4.89 Å². The molecule has 11 rings (SSSR count). The molecule has 0 bridgehead atoms. The van der Waals surface area contributed by atoms with Crippen molar-refractivity contribution in [3.63, 3.8) is 0 Å². The number of alkyl halides is 18. The number of hydrogen-bond acceptors (Lipinski definition) is 3. The summed E-state index contributed by atoms with van der Waals surface area (Å²) in [6.45, 7) is 2.60. The van der Waals surface area contributed by atoms with Crippen molar-refractivity contribution in [1.82, 2.24) is 0 Å². The summed E-state index contributed by atoms with van der Waals surface area (Å²) in [6.07, 6.45) is -31.4. The van der Waals surface area contributed by atoms with Crippen LogP contribution in [-0.2, 0) is 41.6 Å². The van der Waals surface area contributed by atoms with Crippen molar-refractivity contribution in [2.45, 2.75) is 50.9 Å². The van der Waals surface area contributed by atoms with E-state index < -0.39 is 112 Å². The Morgan fingerprint density at radius 1 is 0.310 bits per heavy atom. The smallest absolute Gasteiger partial charge is 0.394 e. The average molecular weight is 1240 g/mol. The predicted octanol–water partition coefficient (Wildman–Crippen LogP) is 22.3. The third-order valence-corrected chi connectivity index (χ3v) is 15.3. The van der Waals surface area contributed by atoms with Gasteiger partial charge < -0.3 is 9.05 Å². The maximum atomic E-state index is 14.9. The van der Waals surface area contributed by atoms with Gasteiger partial charge in [0, 0.05) is 22.3 Å². The zero-order valence-electron chi connectivity index (χ0n) is 44.1. The molecule has 1 N–H and O–H groups in total. The quantitative estimate of drug-likeness (QED) is 0.133. The second kappa shape index (κ2) is 20.7. The van der Waals surface area contributed by atoms with Gasteiger partial charge in [-0.2, -0.15) is 79.0 Å². The molecular formula is C64H35F18O4P. The molecule has 0 unspecified atom stereocenters. The van der Waals surface area contributed by atoms with Crippen LogP contribution >= 0.6 is 7.82 Å². The first-order chi connectivity index (χ1) is 40.4. The number of halogens is 18. The number of hydrogen-bond donors (Lipinski definition) is 1. The lowest BCUT2D eigenvalue weighted by Gasteiger charge is -2.20. The van der Waals surface area contributed by atoms with Crippen molar-refractivity contribution in [2.24, 2.45) is 0 Å². The summed E-state index contributed by atoms with van der Waals surface area (Å²) >= 11 is 0. The van der Waals surface area contributed by atoms with Crippen LogP contribution < -0.4 is 9.05 Å². The molecule has 10 aromatic carbocycles. The second-order valence-electron chi connectivity index (χ2n) is 20.7. The summed E-state index contributed by atoms with van der Waals surface area (Å²) in [6, 6.07) is 28.4. The van der Waals surface area contributed by atoms with Crippen molar-refractivity contribution in [3.05, 3.63) is 214 Å². The van der Waals surface area contributed by atoms with Crippen LogP contribution in [0.4, 0.5) is 79.0 Å². The average Bonchev–Trinajstić information content (AvgIpc) is 1.74. The van der Waals surface area contributed by atoms with Crippen LogP contribution in [0.5, 0.6) is 11.5 Å². The molecule has 87 heavy (non-hydrogen) atoms. The first-order valence-corrected chi connectivity index (χ1v) is 27.0. The molecule has 23 heteroatoms. The highest BCUT2D eigenvalue weighted by Gasteiger charge is 2.42. The fourth-order valence-corrected chi connectivity index (χ4v) is 11.6. The number of phosphoric ester groups is 1. The lowest BCUT2D eigenvalue weighted by molar-refractivity contribution is -0.144. The van der Waals surface area contributed by atoms with Crippen LogP contribution in [0.15, 0.2) is 170 Å². The van der Waals surface area contributed by atoms with E-state index in [0.29, 0.717) is 36.4 Å². The zero-order chi connectivity index (χ0) is 62.9. The van der Waals surface area contributed by atoms with Gasteiger partial charge in [0.05, 0.1) is 33.4 Å². The lowest BCUT2D eigenvalue weighted by atomic mass is 9.84. The number of fused-ring (bicyclic) bond motifs is 7. The fraction of sp³-hybridized carbons (Fsp3) is 0.125. The van der Waals surface area contributed by atoms with E-state index in [9.17, 15) is 88.5 Å². The highest BCUT2D eigenvalue weighted by atomic mass is 31.2. The molecule has 0 atom stereocenters. The van der Waals surface area contributed by atoms with Crippen molar-refractivity contribution in [3.8, 4) is 89.4 Å². The van der Waals surface area contributed by atoms with E-state index in [1.54, 1.807) is 0 Å². The van der Waals surface area contributed by atoms with Gasteiger partial charge in [-0.25, -0.2) is 4.57 Å². The minimum absolute atomic E-state index is 0.0225. The molecule has 4 nitrogen and oxygen atoms in total. The van der Waals surface area contributed by atoms with Crippen molar-refractivity contribution in [1.29, 1.82) is 0 Å². The number of benzene rings is 10. The third kappa shape index (κ3) is 12.0. The van der Waals surface area contributed by atoms with E-state index in [1.807, 2.05) is 0 Å². The Morgan fingerprint density at radius 3 is 0.839 bits per heavy atom. The molecule has 10 aromatic rings. The van der Waals surface area contributed by atoms with Crippen molar-refractivity contribution in [2.75, 3.05) is 0 Å². The third-order valence-electron chi connectivity index (χ3n) is 14.5. The normalized spacial score (nSPS) is 13.9. The van der Waals surface area contributed by atoms with Gasteiger partial charge in [0.1, 0.15) is 11.5 Å². The van der Waals surface area contributed by atoms with E-state index in [0.717, 1.165) is 36.4 Å². The van der Waals surface area contributed by atoms with Crippen LogP contribution in [0.1, 0.15) is 44.5 Å². The van der Waals surface area contributed by atoms with E-state index in [2.05, 4.69) is 0 Å². The summed E-state index contributed by atoms with van der Waals surface area (Å²) in [4.78, 5) is 12.0. The maximum absolute atomic E-state index is 14.9. The first kappa shape index (κ1) is 60.0. The summed E-state index contributed by atoms with van der Waals surface area (Å²) in [5.74, 6) is -1.14. The monoisotopic (exact) mass is 1240 g/mol. The number of phosphoric acid groups is 1. The van der Waals surface area contributed by atoms with Crippen LogP contribution in [0.25, 0.3) is 99.4 Å². The van der Waals surface area contributed by atoms with Gasteiger partial charge in [-0.05, 0) is 211 Å². The van der Waals surface area contributed by atoms with Gasteiger partial charge in [-0.1, -0.05) is 60.7 Å². The Labute approximate surface area is 480 Å². The minimum Gasteiger partial charge on any atom is -0.394 e.